The second kappa shape index (κ2) is 6.77. The standard InChI is InChI=1S/C21H19NO3/c1-13-8-9-15(10-14(13)2)11-17(21(24)25-3)20(23)18-12-22-19-7-5-4-6-16(18)19/h4-12,22H,1-3H3. The zero-order chi connectivity index (χ0) is 18.0. The van der Waals surface area contributed by atoms with Gasteiger partial charge in [-0.1, -0.05) is 36.4 Å². The number of carbonyl (C=O) groups excluding carboxylic acids is 2. The van der Waals surface area contributed by atoms with E-state index in [1.807, 2.05) is 56.3 Å². The van der Waals surface area contributed by atoms with Gasteiger partial charge in [-0.05, 0) is 42.7 Å². The van der Waals surface area contributed by atoms with Crippen molar-refractivity contribution in [3.8, 4) is 0 Å². The molecule has 1 N–H and O–H groups in total. The fraction of sp³-hybridized carbons (Fsp3) is 0.143. The maximum atomic E-state index is 13.0. The lowest BCUT2D eigenvalue weighted by Crippen LogP contribution is -2.14. The molecule has 0 saturated heterocycles. The molecule has 1 aromatic heterocycles. The van der Waals surface area contributed by atoms with Crippen LogP contribution in [-0.4, -0.2) is 23.8 Å². The number of aromatic nitrogens is 1. The molecule has 0 aliphatic heterocycles. The van der Waals surface area contributed by atoms with Gasteiger partial charge in [0.2, 0.25) is 5.78 Å². The third-order valence-corrected chi connectivity index (χ3v) is 4.33. The summed E-state index contributed by atoms with van der Waals surface area (Å²) in [5.41, 5.74) is 4.35. The van der Waals surface area contributed by atoms with Crippen molar-refractivity contribution in [2.24, 2.45) is 0 Å². The molecule has 0 unspecified atom stereocenters. The van der Waals surface area contributed by atoms with Crippen molar-refractivity contribution in [3.05, 3.63) is 76.5 Å². The molecule has 0 fully saturated rings. The zero-order valence-electron chi connectivity index (χ0n) is 14.4. The van der Waals surface area contributed by atoms with Gasteiger partial charge in [0.25, 0.3) is 0 Å². The van der Waals surface area contributed by atoms with Crippen LogP contribution < -0.4 is 0 Å². The van der Waals surface area contributed by atoms with Crippen molar-refractivity contribution in [1.82, 2.24) is 4.98 Å². The highest BCUT2D eigenvalue weighted by molar-refractivity contribution is 6.29. The molecule has 2 aromatic carbocycles. The van der Waals surface area contributed by atoms with Crippen LogP contribution in [0.15, 0.2) is 54.2 Å². The average molecular weight is 333 g/mol. The van der Waals surface area contributed by atoms with Gasteiger partial charge in [-0.25, -0.2) is 4.79 Å². The number of aryl methyl sites for hydroxylation is 2. The zero-order valence-corrected chi connectivity index (χ0v) is 14.4. The third kappa shape index (κ3) is 3.24. The van der Waals surface area contributed by atoms with E-state index in [4.69, 9.17) is 4.74 Å². The minimum Gasteiger partial charge on any atom is -0.465 e. The Morgan fingerprint density at radius 1 is 1.04 bits per heavy atom. The van der Waals surface area contributed by atoms with Gasteiger partial charge < -0.3 is 9.72 Å². The molecule has 3 aromatic rings. The molecule has 0 aliphatic rings. The number of benzene rings is 2. The molecule has 1 heterocycles. The number of para-hydroxylation sites is 1. The van der Waals surface area contributed by atoms with Gasteiger partial charge in [-0.15, -0.1) is 0 Å². The largest absolute Gasteiger partial charge is 0.465 e. The van der Waals surface area contributed by atoms with Crippen molar-refractivity contribution in [1.29, 1.82) is 0 Å². The number of methoxy groups -OCH3 is 1. The Morgan fingerprint density at radius 3 is 2.52 bits per heavy atom. The van der Waals surface area contributed by atoms with Crippen LogP contribution in [0, 0.1) is 13.8 Å². The predicted octanol–water partition coefficient (Wildman–Crippen LogP) is 4.22. The summed E-state index contributed by atoms with van der Waals surface area (Å²) in [5.74, 6) is -1.00. The van der Waals surface area contributed by atoms with Gasteiger partial charge in [-0.3, -0.25) is 4.79 Å². The summed E-state index contributed by atoms with van der Waals surface area (Å²) >= 11 is 0. The topological polar surface area (TPSA) is 59.2 Å². The minimum atomic E-state index is -0.645. The number of Topliss-reactive ketones (excluding diaryl/α,β-unsaturated/α-hetero) is 1. The lowest BCUT2D eigenvalue weighted by molar-refractivity contribution is -0.135. The Morgan fingerprint density at radius 2 is 1.80 bits per heavy atom. The number of H-pyrrole nitrogens is 1. The number of ketones is 1. The quantitative estimate of drug-likeness (QED) is 0.256. The Hall–Kier alpha value is -3.14. The summed E-state index contributed by atoms with van der Waals surface area (Å²) in [7, 11) is 1.28. The highest BCUT2D eigenvalue weighted by atomic mass is 16.5. The van der Waals surface area contributed by atoms with Crippen LogP contribution in [0.2, 0.25) is 0 Å². The smallest absolute Gasteiger partial charge is 0.341 e. The van der Waals surface area contributed by atoms with E-state index in [1.165, 1.54) is 7.11 Å². The molecule has 4 heteroatoms. The Labute approximate surface area is 146 Å². The second-order valence-corrected chi connectivity index (χ2v) is 5.97. The first kappa shape index (κ1) is 16.7. The van der Waals surface area contributed by atoms with Crippen molar-refractivity contribution in [3.63, 3.8) is 0 Å². The maximum absolute atomic E-state index is 13.0. The van der Waals surface area contributed by atoms with E-state index in [2.05, 4.69) is 4.98 Å². The van der Waals surface area contributed by atoms with Crippen LogP contribution >= 0.6 is 0 Å². The summed E-state index contributed by atoms with van der Waals surface area (Å²) in [4.78, 5) is 28.3. The number of hydrogen-bond donors (Lipinski definition) is 1. The van der Waals surface area contributed by atoms with E-state index >= 15 is 0 Å². The first-order valence-corrected chi connectivity index (χ1v) is 7.99. The van der Waals surface area contributed by atoms with Crippen molar-refractivity contribution >= 4 is 28.7 Å². The minimum absolute atomic E-state index is 0.00973. The molecule has 25 heavy (non-hydrogen) atoms. The summed E-state index contributed by atoms with van der Waals surface area (Å²) in [6, 6.07) is 13.3. The summed E-state index contributed by atoms with van der Waals surface area (Å²) in [6.45, 7) is 4.01. The molecule has 0 amide bonds. The fourth-order valence-corrected chi connectivity index (χ4v) is 2.75. The molecule has 0 atom stereocenters. The molecular weight excluding hydrogens is 314 g/mol. The number of hydrogen-bond acceptors (Lipinski definition) is 3. The fourth-order valence-electron chi connectivity index (χ4n) is 2.75. The van der Waals surface area contributed by atoms with Crippen LogP contribution in [0.25, 0.3) is 17.0 Å². The van der Waals surface area contributed by atoms with Gasteiger partial charge in [0.15, 0.2) is 0 Å². The van der Waals surface area contributed by atoms with Crippen molar-refractivity contribution in [2.45, 2.75) is 13.8 Å². The van der Waals surface area contributed by atoms with E-state index in [9.17, 15) is 9.59 Å². The summed E-state index contributed by atoms with van der Waals surface area (Å²) in [5, 5.41) is 0.780. The number of fused-ring (bicyclic) bond motifs is 1. The number of aromatic amines is 1. The number of nitrogens with one attached hydrogen (secondary N) is 1. The monoisotopic (exact) mass is 333 g/mol. The summed E-state index contributed by atoms with van der Waals surface area (Å²) < 4.78 is 4.83. The number of carbonyl (C=O) groups is 2. The molecule has 0 bridgehead atoms. The molecule has 126 valence electrons. The van der Waals surface area contributed by atoms with Crippen molar-refractivity contribution < 1.29 is 14.3 Å². The van der Waals surface area contributed by atoms with Gasteiger partial charge in [0.1, 0.15) is 5.57 Å². The van der Waals surface area contributed by atoms with Crippen LogP contribution in [-0.2, 0) is 9.53 Å². The lowest BCUT2D eigenvalue weighted by atomic mass is 9.99. The number of esters is 1. The van der Waals surface area contributed by atoms with Crippen molar-refractivity contribution in [2.75, 3.05) is 7.11 Å². The highest BCUT2D eigenvalue weighted by Crippen LogP contribution is 2.23. The van der Waals surface area contributed by atoms with E-state index in [1.54, 1.807) is 12.3 Å². The maximum Gasteiger partial charge on any atom is 0.341 e. The van der Waals surface area contributed by atoms with Crippen LogP contribution in [0.3, 0.4) is 0 Å². The molecule has 0 saturated carbocycles. The Bertz CT molecular complexity index is 995. The predicted molar refractivity (Wildman–Crippen MR) is 98.5 cm³/mol. The molecule has 0 spiro atoms. The van der Waals surface area contributed by atoms with Gasteiger partial charge >= 0.3 is 5.97 Å². The van der Waals surface area contributed by atoms with Gasteiger partial charge in [-0.2, -0.15) is 0 Å². The summed E-state index contributed by atoms with van der Waals surface area (Å²) in [6.07, 6.45) is 3.21. The van der Waals surface area contributed by atoms with Crippen LogP contribution in [0.1, 0.15) is 27.0 Å². The molecule has 0 aliphatic carbocycles. The second-order valence-electron chi connectivity index (χ2n) is 5.97. The lowest BCUT2D eigenvalue weighted by Gasteiger charge is -2.06. The first-order chi connectivity index (χ1) is 12.0. The van der Waals surface area contributed by atoms with E-state index in [0.29, 0.717) is 5.56 Å². The normalized spacial score (nSPS) is 11.6. The molecule has 0 radical (unpaired) electrons. The average Bonchev–Trinajstić information content (AvgIpc) is 3.05. The van der Waals surface area contributed by atoms with Crippen LogP contribution in [0.5, 0.6) is 0 Å². The molecular formula is C21H19NO3. The third-order valence-electron chi connectivity index (χ3n) is 4.33. The highest BCUT2D eigenvalue weighted by Gasteiger charge is 2.23. The number of ether oxygens (including phenoxy) is 1. The van der Waals surface area contributed by atoms with Gasteiger partial charge in [0, 0.05) is 22.7 Å². The van der Waals surface area contributed by atoms with E-state index < -0.39 is 5.97 Å². The SMILES string of the molecule is COC(=O)C(=Cc1ccc(C)c(C)c1)C(=O)c1c[nH]c2ccccc12. The number of rotatable bonds is 4. The van der Waals surface area contributed by atoms with E-state index in [0.717, 1.165) is 27.6 Å². The Kier molecular flexibility index (Phi) is 4.52. The van der Waals surface area contributed by atoms with Gasteiger partial charge in [0.05, 0.1) is 7.11 Å². The molecule has 3 rings (SSSR count). The van der Waals surface area contributed by atoms with E-state index in [-0.39, 0.29) is 11.4 Å². The Balaban J connectivity index is 2.09. The first-order valence-electron chi connectivity index (χ1n) is 7.99. The van der Waals surface area contributed by atoms with Crippen LogP contribution in [0.4, 0.5) is 0 Å². The molecule has 4 nitrogen and oxygen atoms in total.